The van der Waals surface area contributed by atoms with Crippen LogP contribution in [0.3, 0.4) is 0 Å². The lowest BCUT2D eigenvalue weighted by atomic mass is 10.1. The average Bonchev–Trinajstić information content (AvgIpc) is 2.58. The Morgan fingerprint density at radius 1 is 1.12 bits per heavy atom. The zero-order valence-corrected chi connectivity index (χ0v) is 17.1. The Kier molecular flexibility index (Phi) is 6.85. The predicted octanol–water partition coefficient (Wildman–Crippen LogP) is 3.64. The van der Waals surface area contributed by atoms with Gasteiger partial charge < -0.3 is 0 Å². The van der Waals surface area contributed by atoms with E-state index in [1.165, 1.54) is 30.5 Å². The molecule has 1 aromatic heterocycles. The van der Waals surface area contributed by atoms with Crippen LogP contribution in [0.4, 0.5) is 0 Å². The molecule has 1 N–H and O–H groups in total. The highest BCUT2D eigenvalue weighted by molar-refractivity contribution is 7.89. The maximum atomic E-state index is 12.5. The number of nitrogens with one attached hydrogen (secondary N) is 1. The summed E-state index contributed by atoms with van der Waals surface area (Å²) in [7, 11) is -3.64. The van der Waals surface area contributed by atoms with Crippen molar-refractivity contribution in [1.29, 1.82) is 0 Å². The number of rotatable bonds is 7. The van der Waals surface area contributed by atoms with Crippen LogP contribution in [0.15, 0.2) is 40.2 Å². The topological polar surface area (TPSA) is 81.1 Å². The molecule has 0 spiro atoms. The van der Waals surface area contributed by atoms with Gasteiger partial charge in [0.25, 0.3) is 5.56 Å². The van der Waals surface area contributed by atoms with E-state index in [0.29, 0.717) is 11.6 Å². The highest BCUT2D eigenvalue weighted by atomic mass is 35.5. The summed E-state index contributed by atoms with van der Waals surface area (Å²) in [5.74, 6) is 0.512. The fraction of sp³-hybridized carbons (Fsp3) is 0.412. The minimum absolute atomic E-state index is 0.0618. The molecular weight excluding hydrogens is 397 g/mol. The van der Waals surface area contributed by atoms with E-state index in [-0.39, 0.29) is 21.0 Å². The van der Waals surface area contributed by atoms with E-state index < -0.39 is 15.6 Å². The number of sulfonamides is 1. The summed E-state index contributed by atoms with van der Waals surface area (Å²) < 4.78 is 28.7. The number of halogens is 2. The van der Waals surface area contributed by atoms with E-state index in [0.717, 1.165) is 17.5 Å². The first-order valence-electron chi connectivity index (χ1n) is 8.18. The van der Waals surface area contributed by atoms with Gasteiger partial charge in [-0.1, -0.05) is 37.0 Å². The van der Waals surface area contributed by atoms with Crippen LogP contribution < -0.4 is 10.3 Å². The maximum absolute atomic E-state index is 12.5. The molecule has 26 heavy (non-hydrogen) atoms. The van der Waals surface area contributed by atoms with Gasteiger partial charge in [-0.2, -0.15) is 9.78 Å². The highest BCUT2D eigenvalue weighted by Crippen LogP contribution is 2.18. The molecule has 1 heterocycles. The molecule has 2 aromatic rings. The Balaban J connectivity index is 2.21. The van der Waals surface area contributed by atoms with Gasteiger partial charge in [0.2, 0.25) is 10.0 Å². The number of aromatic nitrogens is 2. The van der Waals surface area contributed by atoms with E-state index in [1.54, 1.807) is 0 Å². The first kappa shape index (κ1) is 20.9. The van der Waals surface area contributed by atoms with Crippen molar-refractivity contribution < 1.29 is 8.42 Å². The predicted molar refractivity (Wildman–Crippen MR) is 104 cm³/mol. The van der Waals surface area contributed by atoms with Gasteiger partial charge in [-0.15, -0.1) is 0 Å². The molecule has 6 nitrogen and oxygen atoms in total. The zero-order chi connectivity index (χ0) is 19.5. The Hall–Kier alpha value is -1.41. The van der Waals surface area contributed by atoms with Crippen LogP contribution in [0.2, 0.25) is 10.0 Å². The standard InChI is InChI=1S/C17H21Cl2N3O3S/c1-11(2)4-5-12(3)21-26(24,25)14-8-6-13(7-9-14)22-17(23)16(19)15(18)10-20-22/h6-12,21H,4-5H2,1-3H3/t12-/m0/s1. The van der Waals surface area contributed by atoms with Gasteiger partial charge >= 0.3 is 0 Å². The summed E-state index contributed by atoms with van der Waals surface area (Å²) in [5, 5.41) is 3.83. The largest absolute Gasteiger partial charge is 0.291 e. The summed E-state index contributed by atoms with van der Waals surface area (Å²) in [4.78, 5) is 12.2. The molecule has 0 amide bonds. The van der Waals surface area contributed by atoms with Crippen LogP contribution in [-0.4, -0.2) is 24.2 Å². The number of nitrogens with zero attached hydrogens (tertiary/aromatic N) is 2. The number of benzene rings is 1. The molecule has 0 bridgehead atoms. The number of hydrogen-bond donors (Lipinski definition) is 1. The van der Waals surface area contributed by atoms with Crippen LogP contribution in [-0.2, 0) is 10.0 Å². The minimum atomic E-state index is -3.64. The van der Waals surface area contributed by atoms with Crippen molar-refractivity contribution in [3.63, 3.8) is 0 Å². The fourth-order valence-electron chi connectivity index (χ4n) is 2.34. The van der Waals surface area contributed by atoms with Crippen molar-refractivity contribution in [2.24, 2.45) is 5.92 Å². The molecule has 9 heteroatoms. The fourth-order valence-corrected chi connectivity index (χ4v) is 3.87. The zero-order valence-electron chi connectivity index (χ0n) is 14.7. The van der Waals surface area contributed by atoms with E-state index in [4.69, 9.17) is 23.2 Å². The third-order valence-electron chi connectivity index (χ3n) is 3.80. The van der Waals surface area contributed by atoms with Crippen LogP contribution in [0.5, 0.6) is 0 Å². The van der Waals surface area contributed by atoms with Crippen molar-refractivity contribution in [2.75, 3.05) is 0 Å². The van der Waals surface area contributed by atoms with Gasteiger partial charge in [0.05, 0.1) is 21.8 Å². The molecule has 0 aliphatic carbocycles. The second-order valence-corrected chi connectivity index (χ2v) is 9.01. The summed E-state index contributed by atoms with van der Waals surface area (Å²) >= 11 is 11.6. The van der Waals surface area contributed by atoms with Gasteiger partial charge in [-0.3, -0.25) is 4.79 Å². The third-order valence-corrected chi connectivity index (χ3v) is 6.16. The summed E-state index contributed by atoms with van der Waals surface area (Å²) in [5.41, 5.74) is -0.185. The van der Waals surface area contributed by atoms with Crippen LogP contribution >= 0.6 is 23.2 Å². The van der Waals surface area contributed by atoms with Crippen molar-refractivity contribution >= 4 is 33.2 Å². The SMILES string of the molecule is CC(C)CC[C@H](C)NS(=O)(=O)c1ccc(-n2ncc(Cl)c(Cl)c2=O)cc1. The van der Waals surface area contributed by atoms with E-state index in [9.17, 15) is 13.2 Å². The van der Waals surface area contributed by atoms with Gasteiger partial charge in [-0.05, 0) is 49.9 Å². The summed E-state index contributed by atoms with van der Waals surface area (Å²) in [6.07, 6.45) is 2.96. The van der Waals surface area contributed by atoms with E-state index in [2.05, 4.69) is 23.7 Å². The molecule has 1 atom stereocenters. The Bertz CT molecular complexity index is 925. The van der Waals surface area contributed by atoms with Crippen molar-refractivity contribution in [1.82, 2.24) is 14.5 Å². The Morgan fingerprint density at radius 2 is 1.73 bits per heavy atom. The molecule has 0 aliphatic rings. The maximum Gasteiger partial charge on any atom is 0.291 e. The van der Waals surface area contributed by atoms with Gasteiger partial charge in [-0.25, -0.2) is 13.1 Å². The molecule has 2 rings (SSSR count). The molecule has 142 valence electrons. The van der Waals surface area contributed by atoms with Gasteiger partial charge in [0.15, 0.2) is 0 Å². The first-order valence-corrected chi connectivity index (χ1v) is 10.4. The van der Waals surface area contributed by atoms with Crippen LogP contribution in [0, 0.1) is 5.92 Å². The lowest BCUT2D eigenvalue weighted by molar-refractivity contribution is 0.485. The second-order valence-electron chi connectivity index (χ2n) is 6.51. The average molecular weight is 418 g/mol. The van der Waals surface area contributed by atoms with Crippen molar-refractivity contribution in [3.05, 3.63) is 50.9 Å². The summed E-state index contributed by atoms with van der Waals surface area (Å²) in [6.45, 7) is 6.03. The smallest absolute Gasteiger partial charge is 0.266 e. The second kappa shape index (κ2) is 8.52. The van der Waals surface area contributed by atoms with E-state index in [1.807, 2.05) is 6.92 Å². The first-order chi connectivity index (χ1) is 12.1. The molecular formula is C17H21Cl2N3O3S. The molecule has 0 saturated heterocycles. The lowest BCUT2D eigenvalue weighted by Gasteiger charge is -2.15. The van der Waals surface area contributed by atoms with Crippen molar-refractivity contribution in [2.45, 2.75) is 44.6 Å². The van der Waals surface area contributed by atoms with Gasteiger partial charge in [0, 0.05) is 6.04 Å². The molecule has 1 aromatic carbocycles. The lowest BCUT2D eigenvalue weighted by Crippen LogP contribution is -2.32. The van der Waals surface area contributed by atoms with E-state index >= 15 is 0 Å². The van der Waals surface area contributed by atoms with Crippen LogP contribution in [0.25, 0.3) is 5.69 Å². The number of hydrogen-bond acceptors (Lipinski definition) is 4. The highest BCUT2D eigenvalue weighted by Gasteiger charge is 2.18. The Morgan fingerprint density at radius 3 is 2.31 bits per heavy atom. The monoisotopic (exact) mass is 417 g/mol. The Labute approximate surface area is 163 Å². The summed E-state index contributed by atoms with van der Waals surface area (Å²) in [6, 6.07) is 5.66. The normalized spacial score (nSPS) is 13.2. The quantitative estimate of drug-likeness (QED) is 0.745. The molecule has 0 fully saturated rings. The molecule has 0 saturated carbocycles. The van der Waals surface area contributed by atoms with Crippen molar-refractivity contribution in [3.8, 4) is 5.69 Å². The molecule has 0 aliphatic heterocycles. The van der Waals surface area contributed by atoms with Crippen LogP contribution in [0.1, 0.15) is 33.6 Å². The molecule has 0 unspecified atom stereocenters. The van der Waals surface area contributed by atoms with Gasteiger partial charge in [0.1, 0.15) is 5.02 Å². The minimum Gasteiger partial charge on any atom is -0.266 e. The molecule has 0 radical (unpaired) electrons. The third kappa shape index (κ3) is 5.07.